The average molecular weight is 373 g/mol. The van der Waals surface area contributed by atoms with Gasteiger partial charge in [0.05, 0.1) is 5.52 Å². The fourth-order valence-electron chi connectivity index (χ4n) is 2.80. The van der Waals surface area contributed by atoms with Gasteiger partial charge in [-0.25, -0.2) is 0 Å². The lowest BCUT2D eigenvalue weighted by atomic mass is 10.0. The lowest BCUT2D eigenvalue weighted by molar-refractivity contribution is 1.02. The van der Waals surface area contributed by atoms with E-state index in [-0.39, 0.29) is 0 Å². The zero-order chi connectivity index (χ0) is 15.3. The molecule has 0 radical (unpaired) electrons. The summed E-state index contributed by atoms with van der Waals surface area (Å²) in [6.07, 6.45) is 0. The molecule has 5 heteroatoms. The van der Waals surface area contributed by atoms with Crippen LogP contribution in [0.2, 0.25) is 5.02 Å². The minimum atomic E-state index is 0.726. The van der Waals surface area contributed by atoms with Crippen LogP contribution in [0.1, 0.15) is 5.82 Å². The highest BCUT2D eigenvalue weighted by Gasteiger charge is 2.13. The van der Waals surface area contributed by atoms with E-state index in [2.05, 4.69) is 42.7 Å². The number of hydrogen-bond donors (Lipinski definition) is 0. The highest BCUT2D eigenvalue weighted by atomic mass is 79.9. The third kappa shape index (κ3) is 2.02. The SMILES string of the molecule is Cc1nnc2cc(-c3ccccc3Cl)c3cc(Br)ccc3n12. The first kappa shape index (κ1) is 13.7. The van der Waals surface area contributed by atoms with E-state index in [1.807, 2.05) is 43.3 Å². The van der Waals surface area contributed by atoms with Crippen LogP contribution in [0.15, 0.2) is 53.0 Å². The Bertz CT molecular complexity index is 1020. The predicted octanol–water partition coefficient (Wildman–Crippen LogP) is 5.27. The molecule has 0 aliphatic rings. The summed E-state index contributed by atoms with van der Waals surface area (Å²) in [5.74, 6) is 0.869. The molecular formula is C17H11BrClN3. The molecule has 2 aromatic heterocycles. The summed E-state index contributed by atoms with van der Waals surface area (Å²) in [6.45, 7) is 1.96. The number of benzene rings is 2. The third-order valence-corrected chi connectivity index (χ3v) is 4.60. The summed E-state index contributed by atoms with van der Waals surface area (Å²) < 4.78 is 3.08. The molecule has 22 heavy (non-hydrogen) atoms. The number of hydrogen-bond acceptors (Lipinski definition) is 2. The van der Waals surface area contributed by atoms with Gasteiger partial charge in [-0.1, -0.05) is 45.7 Å². The molecule has 108 valence electrons. The number of aromatic nitrogens is 3. The number of fused-ring (bicyclic) bond motifs is 3. The van der Waals surface area contributed by atoms with Crippen molar-refractivity contribution < 1.29 is 0 Å². The first-order valence-electron chi connectivity index (χ1n) is 6.84. The second-order valence-electron chi connectivity index (χ2n) is 5.14. The molecule has 0 aliphatic heterocycles. The summed E-state index contributed by atoms with van der Waals surface area (Å²) >= 11 is 9.96. The number of nitrogens with zero attached hydrogens (tertiary/aromatic N) is 3. The summed E-state index contributed by atoms with van der Waals surface area (Å²) in [6, 6.07) is 16.1. The monoisotopic (exact) mass is 371 g/mol. The molecule has 0 fully saturated rings. The molecule has 3 nitrogen and oxygen atoms in total. The van der Waals surface area contributed by atoms with Crippen LogP contribution in [-0.4, -0.2) is 14.6 Å². The normalized spacial score (nSPS) is 11.4. The minimum absolute atomic E-state index is 0.726. The molecule has 0 saturated heterocycles. The van der Waals surface area contributed by atoms with Crippen LogP contribution in [0.3, 0.4) is 0 Å². The van der Waals surface area contributed by atoms with E-state index in [4.69, 9.17) is 11.6 Å². The molecule has 0 unspecified atom stereocenters. The Morgan fingerprint density at radius 1 is 1.00 bits per heavy atom. The summed E-state index contributed by atoms with van der Waals surface area (Å²) in [5, 5.41) is 10.3. The first-order valence-corrected chi connectivity index (χ1v) is 8.01. The number of pyridine rings is 1. The van der Waals surface area contributed by atoms with Crippen LogP contribution in [0.5, 0.6) is 0 Å². The molecule has 2 aromatic carbocycles. The van der Waals surface area contributed by atoms with Gasteiger partial charge < -0.3 is 0 Å². The van der Waals surface area contributed by atoms with Crippen LogP contribution in [-0.2, 0) is 0 Å². The van der Waals surface area contributed by atoms with Crippen molar-refractivity contribution in [2.24, 2.45) is 0 Å². The maximum Gasteiger partial charge on any atom is 0.161 e. The zero-order valence-electron chi connectivity index (χ0n) is 11.7. The quantitative estimate of drug-likeness (QED) is 0.455. The van der Waals surface area contributed by atoms with E-state index in [0.717, 1.165) is 43.0 Å². The molecule has 0 bridgehead atoms. The Morgan fingerprint density at radius 3 is 2.64 bits per heavy atom. The van der Waals surface area contributed by atoms with Gasteiger partial charge in [0.25, 0.3) is 0 Å². The maximum atomic E-state index is 6.40. The van der Waals surface area contributed by atoms with Gasteiger partial charge >= 0.3 is 0 Å². The van der Waals surface area contributed by atoms with E-state index in [0.29, 0.717) is 0 Å². The molecule has 2 heterocycles. The standard InChI is InChI=1S/C17H11BrClN3/c1-10-20-21-17-9-13(12-4-2-3-5-15(12)19)14-8-11(18)6-7-16(14)22(10)17/h2-9H,1H3. The van der Waals surface area contributed by atoms with Gasteiger partial charge in [0, 0.05) is 20.4 Å². The van der Waals surface area contributed by atoms with Crippen molar-refractivity contribution in [3.63, 3.8) is 0 Å². The van der Waals surface area contributed by atoms with Crippen molar-refractivity contribution in [2.75, 3.05) is 0 Å². The number of aryl methyl sites for hydroxylation is 1. The molecule has 0 spiro atoms. The van der Waals surface area contributed by atoms with Gasteiger partial charge in [0.15, 0.2) is 5.65 Å². The Morgan fingerprint density at radius 2 is 1.82 bits per heavy atom. The molecule has 0 atom stereocenters. The second kappa shape index (κ2) is 5.07. The highest BCUT2D eigenvalue weighted by molar-refractivity contribution is 9.10. The van der Waals surface area contributed by atoms with Gasteiger partial charge in [0.2, 0.25) is 0 Å². The molecular weight excluding hydrogens is 362 g/mol. The van der Waals surface area contributed by atoms with Crippen LogP contribution >= 0.6 is 27.5 Å². The maximum absolute atomic E-state index is 6.40. The van der Waals surface area contributed by atoms with Crippen LogP contribution in [0.25, 0.3) is 27.7 Å². The lowest BCUT2D eigenvalue weighted by Gasteiger charge is -2.11. The predicted molar refractivity (Wildman–Crippen MR) is 93.4 cm³/mol. The third-order valence-electron chi connectivity index (χ3n) is 3.78. The van der Waals surface area contributed by atoms with Crippen LogP contribution < -0.4 is 0 Å². The number of rotatable bonds is 1. The minimum Gasteiger partial charge on any atom is -0.279 e. The molecule has 0 aliphatic carbocycles. The van der Waals surface area contributed by atoms with Crippen molar-refractivity contribution in [1.29, 1.82) is 0 Å². The van der Waals surface area contributed by atoms with Gasteiger partial charge in [-0.15, -0.1) is 10.2 Å². The Hall–Kier alpha value is -1.91. The molecule has 4 rings (SSSR count). The molecule has 0 saturated carbocycles. The number of halogens is 2. The fraction of sp³-hybridized carbons (Fsp3) is 0.0588. The molecule has 0 amide bonds. The smallest absolute Gasteiger partial charge is 0.161 e. The molecule has 4 aromatic rings. The van der Waals surface area contributed by atoms with E-state index in [1.54, 1.807) is 0 Å². The lowest BCUT2D eigenvalue weighted by Crippen LogP contribution is -1.94. The van der Waals surface area contributed by atoms with Crippen molar-refractivity contribution in [1.82, 2.24) is 14.6 Å². The van der Waals surface area contributed by atoms with Gasteiger partial charge in [-0.05, 0) is 42.8 Å². The van der Waals surface area contributed by atoms with E-state index >= 15 is 0 Å². The van der Waals surface area contributed by atoms with Crippen LogP contribution in [0, 0.1) is 6.92 Å². The van der Waals surface area contributed by atoms with Crippen molar-refractivity contribution in [3.8, 4) is 11.1 Å². The summed E-state index contributed by atoms with van der Waals surface area (Å²) in [4.78, 5) is 0. The molecule has 0 N–H and O–H groups in total. The van der Waals surface area contributed by atoms with E-state index in [9.17, 15) is 0 Å². The van der Waals surface area contributed by atoms with E-state index < -0.39 is 0 Å². The largest absolute Gasteiger partial charge is 0.279 e. The van der Waals surface area contributed by atoms with Crippen molar-refractivity contribution in [3.05, 3.63) is 63.9 Å². The first-order chi connectivity index (χ1) is 10.6. The Kier molecular flexibility index (Phi) is 3.17. The van der Waals surface area contributed by atoms with Gasteiger partial charge in [-0.3, -0.25) is 4.40 Å². The topological polar surface area (TPSA) is 30.2 Å². The zero-order valence-corrected chi connectivity index (χ0v) is 14.1. The van der Waals surface area contributed by atoms with Gasteiger partial charge in [0.1, 0.15) is 5.82 Å². The Balaban J connectivity index is 2.21. The highest BCUT2D eigenvalue weighted by Crippen LogP contribution is 2.35. The summed E-state index contributed by atoms with van der Waals surface area (Å²) in [7, 11) is 0. The Labute approximate surface area is 140 Å². The fourth-order valence-corrected chi connectivity index (χ4v) is 3.40. The summed E-state index contributed by atoms with van der Waals surface area (Å²) in [5.41, 5.74) is 3.94. The van der Waals surface area contributed by atoms with Gasteiger partial charge in [-0.2, -0.15) is 0 Å². The van der Waals surface area contributed by atoms with Crippen LogP contribution in [0.4, 0.5) is 0 Å². The van der Waals surface area contributed by atoms with Crippen molar-refractivity contribution >= 4 is 44.1 Å². The van der Waals surface area contributed by atoms with E-state index in [1.165, 1.54) is 0 Å². The van der Waals surface area contributed by atoms with Crippen molar-refractivity contribution in [2.45, 2.75) is 6.92 Å². The second-order valence-corrected chi connectivity index (χ2v) is 6.46. The average Bonchev–Trinajstić information content (AvgIpc) is 2.88.